The first-order valence-corrected chi connectivity index (χ1v) is 6.39. The molecule has 0 aromatic carbocycles. The molecule has 0 atom stereocenters. The molecule has 0 radical (unpaired) electrons. The van der Waals surface area contributed by atoms with E-state index in [-0.39, 0.29) is 9.86 Å². The van der Waals surface area contributed by atoms with E-state index in [1.807, 2.05) is 6.92 Å². The van der Waals surface area contributed by atoms with Crippen LogP contribution in [0.25, 0.3) is 0 Å². The summed E-state index contributed by atoms with van der Waals surface area (Å²) in [6.07, 6.45) is 0. The van der Waals surface area contributed by atoms with Gasteiger partial charge in [-0.1, -0.05) is 23.6 Å². The number of thiazole rings is 1. The number of hydrogen-bond acceptors (Lipinski definition) is 6. The predicted octanol–water partition coefficient (Wildman–Crippen LogP) is 0.781. The third-order valence-electron chi connectivity index (χ3n) is 2.11. The first kappa shape index (κ1) is 12.7. The summed E-state index contributed by atoms with van der Waals surface area (Å²) in [4.78, 5) is 22.2. The quantitative estimate of drug-likeness (QED) is 0.717. The van der Waals surface area contributed by atoms with E-state index in [2.05, 4.69) is 20.3 Å². The molecule has 0 aliphatic rings. The second-order valence-electron chi connectivity index (χ2n) is 3.61. The van der Waals surface area contributed by atoms with Gasteiger partial charge in [0.15, 0.2) is 0 Å². The molecule has 0 aliphatic heterocycles. The van der Waals surface area contributed by atoms with Crippen molar-refractivity contribution < 1.29 is 0 Å². The van der Waals surface area contributed by atoms with E-state index < -0.39 is 0 Å². The zero-order valence-electron chi connectivity index (χ0n) is 9.56. The van der Waals surface area contributed by atoms with Gasteiger partial charge in [0.05, 0.1) is 6.54 Å². The number of aryl methyl sites for hydroxylation is 1. The van der Waals surface area contributed by atoms with Gasteiger partial charge in [-0.2, -0.15) is 0 Å². The van der Waals surface area contributed by atoms with Crippen molar-refractivity contribution in [1.82, 2.24) is 15.0 Å². The van der Waals surface area contributed by atoms with Crippen LogP contribution in [0.5, 0.6) is 0 Å². The van der Waals surface area contributed by atoms with Gasteiger partial charge in [-0.3, -0.25) is 4.79 Å². The molecule has 4 N–H and O–H groups in total. The minimum absolute atomic E-state index is 0.0826. The van der Waals surface area contributed by atoms with Crippen LogP contribution in [0.15, 0.2) is 16.2 Å². The minimum atomic E-state index is -0.0826. The molecular weight excluding hydrogens is 270 g/mol. The number of rotatable bonds is 4. The van der Waals surface area contributed by atoms with Crippen LogP contribution in [-0.2, 0) is 6.54 Å². The zero-order chi connectivity index (χ0) is 13.1. The number of nitrogens with zero attached hydrogens (tertiary/aromatic N) is 2. The van der Waals surface area contributed by atoms with Gasteiger partial charge in [-0.05, 0) is 13.0 Å². The highest BCUT2D eigenvalue weighted by molar-refractivity contribution is 7.80. The van der Waals surface area contributed by atoms with E-state index in [0.29, 0.717) is 18.2 Å². The van der Waals surface area contributed by atoms with E-state index in [0.717, 1.165) is 22.7 Å². The lowest BCUT2D eigenvalue weighted by Gasteiger charge is -2.06. The molecule has 2 rings (SSSR count). The van der Waals surface area contributed by atoms with E-state index in [1.165, 1.54) is 0 Å². The summed E-state index contributed by atoms with van der Waals surface area (Å²) in [5, 5.41) is 4.76. The number of hydrogen-bond donors (Lipinski definition) is 3. The van der Waals surface area contributed by atoms with Crippen molar-refractivity contribution in [3.63, 3.8) is 0 Å². The van der Waals surface area contributed by atoms with Crippen LogP contribution >= 0.6 is 23.6 Å². The smallest absolute Gasteiger partial charge is 0.304 e. The Kier molecular flexibility index (Phi) is 3.68. The van der Waals surface area contributed by atoms with Crippen molar-refractivity contribution in [2.24, 2.45) is 5.73 Å². The van der Waals surface area contributed by atoms with Crippen LogP contribution in [0.4, 0.5) is 5.95 Å². The summed E-state index contributed by atoms with van der Waals surface area (Å²) < 4.78 is 0. The number of nitrogens with two attached hydrogens (primary N) is 1. The highest BCUT2D eigenvalue weighted by atomic mass is 32.1. The molecule has 94 valence electrons. The summed E-state index contributed by atoms with van der Waals surface area (Å²) in [6.45, 7) is 2.28. The molecule has 2 heterocycles. The molecule has 18 heavy (non-hydrogen) atoms. The van der Waals surface area contributed by atoms with Gasteiger partial charge in [-0.15, -0.1) is 0 Å². The second kappa shape index (κ2) is 5.23. The van der Waals surface area contributed by atoms with Crippen LogP contribution in [0.2, 0.25) is 0 Å². The maximum atomic E-state index is 11.0. The van der Waals surface area contributed by atoms with Gasteiger partial charge in [0, 0.05) is 16.8 Å². The number of aromatic nitrogens is 3. The van der Waals surface area contributed by atoms with Crippen molar-refractivity contribution >= 4 is 34.5 Å². The minimum Gasteiger partial charge on any atom is -0.388 e. The Labute approximate surface area is 112 Å². The molecule has 6 nitrogen and oxygen atoms in total. The average molecular weight is 281 g/mol. The summed E-state index contributed by atoms with van der Waals surface area (Å²) in [7, 11) is 0. The molecule has 0 spiro atoms. The number of H-pyrrole nitrogens is 1. The number of anilines is 1. The maximum absolute atomic E-state index is 11.0. The summed E-state index contributed by atoms with van der Waals surface area (Å²) in [5.74, 6) is 0.435. The van der Waals surface area contributed by atoms with Crippen molar-refractivity contribution in [3.05, 3.63) is 38.2 Å². The molecule has 0 fully saturated rings. The Balaban J connectivity index is 2.14. The van der Waals surface area contributed by atoms with Crippen LogP contribution in [-0.4, -0.2) is 19.9 Å². The average Bonchev–Trinajstić information content (AvgIpc) is 2.72. The number of nitrogens with one attached hydrogen (secondary N) is 2. The first-order valence-electron chi connectivity index (χ1n) is 5.10. The lowest BCUT2D eigenvalue weighted by Crippen LogP contribution is -2.15. The fourth-order valence-corrected chi connectivity index (χ4v) is 2.03. The van der Waals surface area contributed by atoms with Gasteiger partial charge < -0.3 is 16.0 Å². The molecule has 0 amide bonds. The molecular formula is C10H11N5OS2. The molecule has 0 saturated carbocycles. The summed E-state index contributed by atoms with van der Waals surface area (Å²) in [5.41, 5.74) is 7.61. The third kappa shape index (κ3) is 3.11. The third-order valence-corrected chi connectivity index (χ3v) is 3.04. The van der Waals surface area contributed by atoms with Gasteiger partial charge in [0.1, 0.15) is 10.7 Å². The number of thiocarbonyl (C=S) groups is 1. The molecule has 0 aliphatic carbocycles. The standard InChI is InChI=1S/C10H11N5OS2/c1-5-2-7(8(11)17)15-9(13-5)12-3-6-4-18-10(16)14-6/h2,4H,3H2,1H3,(H2,11,17)(H,14,16)(H,12,13,15). The summed E-state index contributed by atoms with van der Waals surface area (Å²) in [6, 6.07) is 1.72. The van der Waals surface area contributed by atoms with Crippen LogP contribution in [0, 0.1) is 6.92 Å². The van der Waals surface area contributed by atoms with E-state index in [1.54, 1.807) is 11.4 Å². The Bertz CT molecular complexity index is 633. The molecule has 0 saturated heterocycles. The van der Waals surface area contributed by atoms with Gasteiger partial charge in [0.25, 0.3) is 0 Å². The van der Waals surface area contributed by atoms with Crippen LogP contribution in [0.1, 0.15) is 17.1 Å². The Morgan fingerprint density at radius 2 is 2.39 bits per heavy atom. The van der Waals surface area contributed by atoms with E-state index in [9.17, 15) is 4.79 Å². The topological polar surface area (TPSA) is 96.7 Å². The first-order chi connectivity index (χ1) is 8.54. The molecule has 0 unspecified atom stereocenters. The van der Waals surface area contributed by atoms with Gasteiger partial charge in [-0.25, -0.2) is 9.97 Å². The summed E-state index contributed by atoms with van der Waals surface area (Å²) >= 11 is 5.99. The predicted molar refractivity (Wildman–Crippen MR) is 74.9 cm³/mol. The Morgan fingerprint density at radius 3 is 3.00 bits per heavy atom. The normalized spacial score (nSPS) is 10.3. The molecule has 0 bridgehead atoms. The highest BCUT2D eigenvalue weighted by Gasteiger charge is 2.05. The van der Waals surface area contributed by atoms with Crippen molar-refractivity contribution in [1.29, 1.82) is 0 Å². The maximum Gasteiger partial charge on any atom is 0.304 e. The lowest BCUT2D eigenvalue weighted by molar-refractivity contribution is 0.992. The monoisotopic (exact) mass is 281 g/mol. The molecule has 2 aromatic rings. The fraction of sp³-hybridized carbons (Fsp3) is 0.200. The molecule has 8 heteroatoms. The van der Waals surface area contributed by atoms with Crippen molar-refractivity contribution in [3.8, 4) is 0 Å². The Hall–Kier alpha value is -1.80. The van der Waals surface area contributed by atoms with E-state index >= 15 is 0 Å². The Morgan fingerprint density at radius 1 is 1.61 bits per heavy atom. The zero-order valence-corrected chi connectivity index (χ0v) is 11.2. The van der Waals surface area contributed by atoms with Crippen molar-refractivity contribution in [2.45, 2.75) is 13.5 Å². The highest BCUT2D eigenvalue weighted by Crippen LogP contribution is 2.06. The SMILES string of the molecule is Cc1cc(C(N)=S)nc(NCc2csc(=O)[nH]2)n1. The fourth-order valence-electron chi connectivity index (χ4n) is 1.35. The van der Waals surface area contributed by atoms with Crippen LogP contribution < -0.4 is 15.9 Å². The largest absolute Gasteiger partial charge is 0.388 e. The van der Waals surface area contributed by atoms with Gasteiger partial charge >= 0.3 is 4.87 Å². The second-order valence-corrected chi connectivity index (χ2v) is 4.89. The van der Waals surface area contributed by atoms with E-state index in [4.69, 9.17) is 18.0 Å². The van der Waals surface area contributed by atoms with Gasteiger partial charge in [0.2, 0.25) is 5.95 Å². The molecule has 2 aromatic heterocycles. The van der Waals surface area contributed by atoms with Crippen LogP contribution in [0.3, 0.4) is 0 Å². The lowest BCUT2D eigenvalue weighted by atomic mass is 10.3. The van der Waals surface area contributed by atoms with Crippen molar-refractivity contribution in [2.75, 3.05) is 5.32 Å². The number of aromatic amines is 1.